The van der Waals surface area contributed by atoms with E-state index in [0.717, 1.165) is 19.6 Å². The zero-order valence-electron chi connectivity index (χ0n) is 9.61. The molecule has 2 N–H and O–H groups in total. The number of carbonyl (C=O) groups excluding carboxylic acids is 1. The highest BCUT2D eigenvalue weighted by atomic mass is 16.5. The highest BCUT2D eigenvalue weighted by molar-refractivity contribution is 5.71. The normalized spacial score (nSPS) is 24.1. The van der Waals surface area contributed by atoms with Crippen LogP contribution in [0.1, 0.15) is 6.92 Å². The molecule has 1 aliphatic heterocycles. The zero-order valence-corrected chi connectivity index (χ0v) is 9.61. The Hall–Kier alpha value is -0.650. The molecule has 88 valence electrons. The second kappa shape index (κ2) is 6.05. The number of carbonyl (C=O) groups is 1. The first-order chi connectivity index (χ1) is 7.17. The van der Waals surface area contributed by atoms with Crippen molar-refractivity contribution in [3.05, 3.63) is 0 Å². The van der Waals surface area contributed by atoms with Crippen LogP contribution >= 0.6 is 0 Å². The van der Waals surface area contributed by atoms with E-state index >= 15 is 0 Å². The molecule has 0 aromatic carbocycles. The summed E-state index contributed by atoms with van der Waals surface area (Å²) in [5.74, 6) is -0.152. The van der Waals surface area contributed by atoms with Crippen LogP contribution in [0.4, 0.5) is 0 Å². The fraction of sp³-hybridized carbons (Fsp3) is 0.900. The molecular weight excluding hydrogens is 194 g/mol. The minimum absolute atomic E-state index is 0.152. The Morgan fingerprint density at radius 2 is 2.27 bits per heavy atom. The average molecular weight is 215 g/mol. The fourth-order valence-corrected chi connectivity index (χ4v) is 1.85. The number of nitrogens with zero attached hydrogens (tertiary/aromatic N) is 2. The molecule has 0 radical (unpaired) electrons. The van der Waals surface area contributed by atoms with Crippen LogP contribution in [0.3, 0.4) is 0 Å². The lowest BCUT2D eigenvalue weighted by molar-refractivity contribution is -0.145. The average Bonchev–Trinajstić information content (AvgIpc) is 2.21. The summed E-state index contributed by atoms with van der Waals surface area (Å²) in [6.07, 6.45) is 0. The summed E-state index contributed by atoms with van der Waals surface area (Å²) in [6.45, 7) is 6.01. The Morgan fingerprint density at radius 1 is 1.53 bits per heavy atom. The van der Waals surface area contributed by atoms with E-state index in [4.69, 9.17) is 10.5 Å². The van der Waals surface area contributed by atoms with Gasteiger partial charge in [0.05, 0.1) is 13.2 Å². The Kier molecular flexibility index (Phi) is 5.01. The van der Waals surface area contributed by atoms with Gasteiger partial charge in [0.2, 0.25) is 0 Å². The molecule has 1 unspecified atom stereocenters. The highest BCUT2D eigenvalue weighted by Crippen LogP contribution is 2.07. The maximum Gasteiger partial charge on any atom is 0.320 e. The first-order valence-corrected chi connectivity index (χ1v) is 5.45. The van der Waals surface area contributed by atoms with Crippen LogP contribution in [-0.4, -0.2) is 68.2 Å². The number of likely N-dealkylation sites (N-methyl/N-ethyl adjacent to an activating group) is 1. The van der Waals surface area contributed by atoms with Crippen LogP contribution < -0.4 is 5.73 Å². The summed E-state index contributed by atoms with van der Waals surface area (Å²) in [7, 11) is 2.07. The fourth-order valence-electron chi connectivity index (χ4n) is 1.85. The molecule has 1 heterocycles. The second-order valence-electron chi connectivity index (χ2n) is 3.93. The lowest BCUT2D eigenvalue weighted by Gasteiger charge is -2.38. The van der Waals surface area contributed by atoms with Gasteiger partial charge in [0, 0.05) is 32.2 Å². The molecule has 5 heteroatoms. The number of hydrogen-bond acceptors (Lipinski definition) is 5. The van der Waals surface area contributed by atoms with Gasteiger partial charge in [0.1, 0.15) is 0 Å². The Balaban J connectivity index is 2.42. The summed E-state index contributed by atoms with van der Waals surface area (Å²) in [4.78, 5) is 15.7. The van der Waals surface area contributed by atoms with Gasteiger partial charge < -0.3 is 15.4 Å². The van der Waals surface area contributed by atoms with Gasteiger partial charge in [-0.15, -0.1) is 0 Å². The number of piperazine rings is 1. The van der Waals surface area contributed by atoms with Gasteiger partial charge >= 0.3 is 5.97 Å². The molecule has 5 nitrogen and oxygen atoms in total. The minimum atomic E-state index is -0.152. The molecule has 1 rings (SSSR count). The van der Waals surface area contributed by atoms with Crippen LogP contribution in [0.2, 0.25) is 0 Å². The Labute approximate surface area is 91.2 Å². The molecule has 0 saturated carbocycles. The zero-order chi connectivity index (χ0) is 11.3. The van der Waals surface area contributed by atoms with Crippen molar-refractivity contribution in [2.45, 2.75) is 13.0 Å². The molecule has 1 aliphatic rings. The third kappa shape index (κ3) is 3.77. The number of rotatable bonds is 4. The van der Waals surface area contributed by atoms with E-state index in [0.29, 0.717) is 19.7 Å². The predicted molar refractivity (Wildman–Crippen MR) is 58.5 cm³/mol. The molecule has 0 aromatic rings. The minimum Gasteiger partial charge on any atom is -0.465 e. The van der Waals surface area contributed by atoms with Crippen LogP contribution in [0.5, 0.6) is 0 Å². The first kappa shape index (κ1) is 12.4. The summed E-state index contributed by atoms with van der Waals surface area (Å²) < 4.78 is 4.93. The van der Waals surface area contributed by atoms with Crippen molar-refractivity contribution in [1.82, 2.24) is 9.80 Å². The van der Waals surface area contributed by atoms with E-state index in [-0.39, 0.29) is 12.0 Å². The summed E-state index contributed by atoms with van der Waals surface area (Å²) in [5, 5.41) is 0. The molecule has 1 atom stereocenters. The van der Waals surface area contributed by atoms with Crippen molar-refractivity contribution in [3.63, 3.8) is 0 Å². The molecule has 0 spiro atoms. The van der Waals surface area contributed by atoms with Crippen LogP contribution in [-0.2, 0) is 9.53 Å². The van der Waals surface area contributed by atoms with Gasteiger partial charge in [-0.2, -0.15) is 0 Å². The van der Waals surface area contributed by atoms with E-state index in [2.05, 4.69) is 16.8 Å². The van der Waals surface area contributed by atoms with Crippen molar-refractivity contribution in [2.75, 3.05) is 46.4 Å². The third-order valence-corrected chi connectivity index (χ3v) is 2.72. The third-order valence-electron chi connectivity index (χ3n) is 2.72. The van der Waals surface area contributed by atoms with Crippen molar-refractivity contribution in [3.8, 4) is 0 Å². The van der Waals surface area contributed by atoms with Gasteiger partial charge in [-0.3, -0.25) is 9.69 Å². The summed E-state index contributed by atoms with van der Waals surface area (Å²) in [5.41, 5.74) is 5.69. The molecule has 0 bridgehead atoms. The number of ether oxygens (including phenoxy) is 1. The maximum atomic E-state index is 11.3. The second-order valence-corrected chi connectivity index (χ2v) is 3.93. The van der Waals surface area contributed by atoms with Gasteiger partial charge in [0.15, 0.2) is 0 Å². The molecule has 0 aromatic heterocycles. The topological polar surface area (TPSA) is 58.8 Å². The van der Waals surface area contributed by atoms with Crippen molar-refractivity contribution >= 4 is 5.97 Å². The van der Waals surface area contributed by atoms with E-state index in [1.54, 1.807) is 0 Å². The smallest absolute Gasteiger partial charge is 0.320 e. The molecule has 0 aliphatic carbocycles. The molecule has 1 saturated heterocycles. The van der Waals surface area contributed by atoms with Crippen LogP contribution in [0.25, 0.3) is 0 Å². The van der Waals surface area contributed by atoms with E-state index in [1.165, 1.54) is 0 Å². The van der Waals surface area contributed by atoms with E-state index in [1.807, 2.05) is 6.92 Å². The quantitative estimate of drug-likeness (QED) is 0.617. The van der Waals surface area contributed by atoms with Gasteiger partial charge in [-0.1, -0.05) is 0 Å². The maximum absolute atomic E-state index is 11.3. The Morgan fingerprint density at radius 3 is 2.87 bits per heavy atom. The van der Waals surface area contributed by atoms with Gasteiger partial charge in [-0.25, -0.2) is 0 Å². The number of esters is 1. The molecule has 15 heavy (non-hydrogen) atoms. The van der Waals surface area contributed by atoms with Gasteiger partial charge in [0.25, 0.3) is 0 Å². The van der Waals surface area contributed by atoms with Crippen molar-refractivity contribution in [1.29, 1.82) is 0 Å². The predicted octanol–water partition coefficient (Wildman–Crippen LogP) is -0.876. The Bertz CT molecular complexity index is 211. The SMILES string of the molecule is CCOC(=O)CN1CCN(C)CC1CN. The van der Waals surface area contributed by atoms with Crippen molar-refractivity contribution < 1.29 is 9.53 Å². The van der Waals surface area contributed by atoms with Crippen LogP contribution in [0, 0.1) is 0 Å². The highest BCUT2D eigenvalue weighted by Gasteiger charge is 2.25. The summed E-state index contributed by atoms with van der Waals surface area (Å²) >= 11 is 0. The monoisotopic (exact) mass is 215 g/mol. The van der Waals surface area contributed by atoms with Crippen molar-refractivity contribution in [2.24, 2.45) is 5.73 Å². The van der Waals surface area contributed by atoms with E-state index in [9.17, 15) is 4.79 Å². The molecule has 1 fully saturated rings. The number of nitrogens with two attached hydrogens (primary N) is 1. The molecular formula is C10H21N3O2. The lowest BCUT2D eigenvalue weighted by Crippen LogP contribution is -2.56. The largest absolute Gasteiger partial charge is 0.465 e. The van der Waals surface area contributed by atoms with Gasteiger partial charge in [-0.05, 0) is 14.0 Å². The van der Waals surface area contributed by atoms with E-state index < -0.39 is 0 Å². The first-order valence-electron chi connectivity index (χ1n) is 5.45. The van der Waals surface area contributed by atoms with Crippen LogP contribution in [0.15, 0.2) is 0 Å². The molecule has 0 amide bonds. The lowest BCUT2D eigenvalue weighted by atomic mass is 10.2. The number of hydrogen-bond donors (Lipinski definition) is 1. The summed E-state index contributed by atoms with van der Waals surface area (Å²) in [6, 6.07) is 0.271. The standard InChI is InChI=1S/C10H21N3O2/c1-3-15-10(14)8-13-5-4-12(2)7-9(13)6-11/h9H,3-8,11H2,1-2H3.